The highest BCUT2D eigenvalue weighted by atomic mass is 35.5. The van der Waals surface area contributed by atoms with Crippen LogP contribution in [0.15, 0.2) is 46.8 Å². The number of anilines is 2. The van der Waals surface area contributed by atoms with Gasteiger partial charge < -0.3 is 14.8 Å². The minimum absolute atomic E-state index is 0.0734. The molecule has 0 atom stereocenters. The largest absolute Gasteiger partial charge is 0.497 e. The minimum Gasteiger partial charge on any atom is -0.497 e. The number of ether oxygens (including phenoxy) is 2. The second kappa shape index (κ2) is 9.31. The van der Waals surface area contributed by atoms with E-state index in [4.69, 9.17) is 21.1 Å². The molecule has 0 aliphatic heterocycles. The average Bonchev–Trinajstić information content (AvgIpc) is 3.19. The predicted octanol–water partition coefficient (Wildman–Crippen LogP) is 4.78. The zero-order chi connectivity index (χ0) is 23.5. The van der Waals surface area contributed by atoms with Crippen LogP contribution in [0.5, 0.6) is 17.2 Å². The maximum Gasteiger partial charge on any atom is 0.291 e. The summed E-state index contributed by atoms with van der Waals surface area (Å²) in [4.78, 5) is 12.1. The van der Waals surface area contributed by atoms with E-state index in [-0.39, 0.29) is 26.8 Å². The fourth-order valence-corrected chi connectivity index (χ4v) is 4.43. The smallest absolute Gasteiger partial charge is 0.291 e. The van der Waals surface area contributed by atoms with Crippen molar-refractivity contribution in [3.63, 3.8) is 0 Å². The summed E-state index contributed by atoms with van der Waals surface area (Å²) in [5.74, 6) is 0.930. The molecule has 32 heavy (non-hydrogen) atoms. The average molecular weight is 497 g/mol. The van der Waals surface area contributed by atoms with Crippen molar-refractivity contribution in [2.24, 2.45) is 5.41 Å². The third kappa shape index (κ3) is 5.87. The van der Waals surface area contributed by atoms with Gasteiger partial charge in [0.2, 0.25) is 11.0 Å². The Morgan fingerprint density at radius 1 is 1.09 bits per heavy atom. The summed E-state index contributed by atoms with van der Waals surface area (Å²) in [6.45, 7) is 5.18. The summed E-state index contributed by atoms with van der Waals surface area (Å²) < 4.78 is 38.9. The van der Waals surface area contributed by atoms with Crippen LogP contribution in [-0.4, -0.2) is 31.6 Å². The van der Waals surface area contributed by atoms with Gasteiger partial charge in [0.1, 0.15) is 11.5 Å². The van der Waals surface area contributed by atoms with Crippen molar-refractivity contribution >= 4 is 49.7 Å². The van der Waals surface area contributed by atoms with E-state index in [1.807, 2.05) is 0 Å². The molecule has 0 aliphatic rings. The number of aromatic nitrogens is 2. The van der Waals surface area contributed by atoms with Gasteiger partial charge in [-0.15, -0.1) is 10.2 Å². The lowest BCUT2D eigenvalue weighted by atomic mass is 9.96. The van der Waals surface area contributed by atoms with Gasteiger partial charge in [-0.1, -0.05) is 49.8 Å². The van der Waals surface area contributed by atoms with Gasteiger partial charge in [0.25, 0.3) is 14.4 Å². The Kier molecular flexibility index (Phi) is 6.91. The molecule has 0 radical (unpaired) electrons. The number of hydrogen-bond donors (Lipinski definition) is 2. The van der Waals surface area contributed by atoms with Crippen LogP contribution < -0.4 is 19.5 Å². The van der Waals surface area contributed by atoms with Crippen LogP contribution in [0.1, 0.15) is 20.8 Å². The van der Waals surface area contributed by atoms with Gasteiger partial charge in [-0.2, -0.15) is 8.42 Å². The van der Waals surface area contributed by atoms with Crippen molar-refractivity contribution in [2.45, 2.75) is 25.1 Å². The Labute approximate surface area is 194 Å². The second-order valence-corrected chi connectivity index (χ2v) is 10.9. The summed E-state index contributed by atoms with van der Waals surface area (Å²) in [6.07, 6.45) is 0. The number of amides is 1. The second-order valence-electron chi connectivity index (χ2n) is 7.60. The number of methoxy groups -OCH3 is 1. The van der Waals surface area contributed by atoms with E-state index in [0.717, 1.165) is 11.3 Å². The fourth-order valence-electron chi connectivity index (χ4n) is 2.30. The monoisotopic (exact) mass is 496 g/mol. The Morgan fingerprint density at radius 3 is 2.50 bits per heavy atom. The molecule has 12 heteroatoms. The quantitative estimate of drug-likeness (QED) is 0.452. The van der Waals surface area contributed by atoms with Gasteiger partial charge >= 0.3 is 0 Å². The summed E-state index contributed by atoms with van der Waals surface area (Å²) in [6, 6.07) is 11.4. The molecule has 3 aromatic rings. The molecule has 0 aliphatic carbocycles. The van der Waals surface area contributed by atoms with E-state index in [2.05, 4.69) is 20.2 Å². The lowest BCUT2D eigenvalue weighted by Crippen LogP contribution is -2.27. The van der Waals surface area contributed by atoms with Crippen LogP contribution in [0.4, 0.5) is 10.8 Å². The Balaban J connectivity index is 1.84. The molecular formula is C20H21ClN4O5S2. The van der Waals surface area contributed by atoms with Crippen molar-refractivity contribution in [2.75, 3.05) is 17.1 Å². The zero-order valence-corrected chi connectivity index (χ0v) is 20.1. The first-order chi connectivity index (χ1) is 15.0. The fraction of sp³-hybridized carbons (Fsp3) is 0.250. The van der Waals surface area contributed by atoms with Crippen LogP contribution >= 0.6 is 22.9 Å². The van der Waals surface area contributed by atoms with Crippen molar-refractivity contribution in [1.82, 2.24) is 10.2 Å². The number of carbonyl (C=O) groups excluding carboxylic acids is 1. The molecule has 9 nitrogen and oxygen atoms in total. The van der Waals surface area contributed by atoms with E-state index in [0.29, 0.717) is 16.5 Å². The number of sulfonamides is 1. The normalized spacial score (nSPS) is 11.7. The maximum absolute atomic E-state index is 12.9. The van der Waals surface area contributed by atoms with E-state index >= 15 is 0 Å². The summed E-state index contributed by atoms with van der Waals surface area (Å²) in [7, 11) is -2.60. The number of carbonyl (C=O) groups is 1. The first kappa shape index (κ1) is 23.8. The highest BCUT2D eigenvalue weighted by Crippen LogP contribution is 2.35. The molecule has 2 N–H and O–H groups in total. The summed E-state index contributed by atoms with van der Waals surface area (Å²) in [5.41, 5.74) is -0.563. The summed E-state index contributed by atoms with van der Waals surface area (Å²) in [5, 5.41) is 10.4. The number of nitrogens with zero attached hydrogens (tertiary/aromatic N) is 2. The molecule has 1 amide bonds. The topological polar surface area (TPSA) is 120 Å². The van der Waals surface area contributed by atoms with Crippen LogP contribution in [0.2, 0.25) is 5.02 Å². The van der Waals surface area contributed by atoms with E-state index < -0.39 is 15.4 Å². The van der Waals surface area contributed by atoms with E-state index in [9.17, 15) is 13.2 Å². The SMILES string of the molecule is COc1cccc(Oc2ccc(Cl)cc2NS(=O)(=O)c2nnc(NC(=O)C(C)(C)C)s2)c1. The van der Waals surface area contributed by atoms with Gasteiger partial charge in [0, 0.05) is 16.5 Å². The molecule has 1 aromatic heterocycles. The number of hydrogen-bond acceptors (Lipinski definition) is 8. The molecule has 3 rings (SSSR count). The van der Waals surface area contributed by atoms with Gasteiger partial charge in [0.15, 0.2) is 5.75 Å². The van der Waals surface area contributed by atoms with Crippen LogP contribution in [0.25, 0.3) is 0 Å². The molecule has 0 unspecified atom stereocenters. The number of benzene rings is 2. The van der Waals surface area contributed by atoms with Gasteiger partial charge in [-0.25, -0.2) is 0 Å². The predicted molar refractivity (Wildman–Crippen MR) is 123 cm³/mol. The van der Waals surface area contributed by atoms with E-state index in [1.54, 1.807) is 51.1 Å². The number of halogens is 1. The highest BCUT2D eigenvalue weighted by molar-refractivity contribution is 7.94. The number of nitrogens with one attached hydrogen (secondary N) is 2. The Morgan fingerprint density at radius 2 is 1.81 bits per heavy atom. The lowest BCUT2D eigenvalue weighted by Gasteiger charge is -2.15. The zero-order valence-electron chi connectivity index (χ0n) is 17.7. The van der Waals surface area contributed by atoms with Crippen molar-refractivity contribution < 1.29 is 22.7 Å². The van der Waals surface area contributed by atoms with Crippen LogP contribution in [0.3, 0.4) is 0 Å². The highest BCUT2D eigenvalue weighted by Gasteiger charge is 2.26. The Bertz CT molecular complexity index is 1240. The lowest BCUT2D eigenvalue weighted by molar-refractivity contribution is -0.123. The van der Waals surface area contributed by atoms with Gasteiger partial charge in [-0.3, -0.25) is 9.52 Å². The molecule has 2 aromatic carbocycles. The third-order valence-electron chi connectivity index (χ3n) is 3.99. The van der Waals surface area contributed by atoms with E-state index in [1.165, 1.54) is 19.2 Å². The number of rotatable bonds is 7. The maximum atomic E-state index is 12.9. The Hall–Kier alpha value is -2.89. The molecular weight excluding hydrogens is 476 g/mol. The van der Waals surface area contributed by atoms with Crippen molar-refractivity contribution in [1.29, 1.82) is 0 Å². The molecule has 0 fully saturated rings. The van der Waals surface area contributed by atoms with Crippen LogP contribution in [0, 0.1) is 5.41 Å². The minimum atomic E-state index is -4.13. The van der Waals surface area contributed by atoms with Crippen LogP contribution in [-0.2, 0) is 14.8 Å². The molecule has 0 saturated carbocycles. The molecule has 1 heterocycles. The standard InChI is InChI=1S/C20H21ClN4O5S2/c1-20(2,3)17(26)22-18-23-24-19(31-18)32(27,28)25-15-10-12(21)8-9-16(15)30-14-7-5-6-13(11-14)29-4/h5-11,25H,1-4H3,(H,22,23,26). The molecule has 170 valence electrons. The first-order valence-electron chi connectivity index (χ1n) is 9.27. The third-order valence-corrected chi connectivity index (χ3v) is 6.80. The molecule has 0 bridgehead atoms. The van der Waals surface area contributed by atoms with Gasteiger partial charge in [0.05, 0.1) is 12.8 Å². The first-order valence-corrected chi connectivity index (χ1v) is 11.9. The van der Waals surface area contributed by atoms with Gasteiger partial charge in [-0.05, 0) is 30.3 Å². The molecule has 0 spiro atoms. The molecule has 0 saturated heterocycles. The summed E-state index contributed by atoms with van der Waals surface area (Å²) >= 11 is 6.79. The van der Waals surface area contributed by atoms with Crippen molar-refractivity contribution in [3.8, 4) is 17.2 Å². The van der Waals surface area contributed by atoms with Crippen molar-refractivity contribution in [3.05, 3.63) is 47.5 Å².